The molecule has 2 N–H and O–H groups in total. The lowest BCUT2D eigenvalue weighted by molar-refractivity contribution is -0.126. The van der Waals surface area contributed by atoms with Crippen molar-refractivity contribution in [3.05, 3.63) is 29.8 Å². The molecule has 0 spiro atoms. The molecule has 21 heavy (non-hydrogen) atoms. The third-order valence-corrected chi connectivity index (χ3v) is 4.66. The first-order valence-electron chi connectivity index (χ1n) is 8.20. The number of nitrogens with one attached hydrogen (secondary N) is 2. The van der Waals surface area contributed by atoms with Gasteiger partial charge in [0, 0.05) is 17.1 Å². The molecular formula is C18H28N2O. The highest BCUT2D eigenvalue weighted by Gasteiger charge is 2.34. The third-order valence-electron chi connectivity index (χ3n) is 4.66. The highest BCUT2D eigenvalue weighted by Crippen LogP contribution is 2.36. The van der Waals surface area contributed by atoms with Crippen LogP contribution >= 0.6 is 0 Å². The zero-order valence-electron chi connectivity index (χ0n) is 13.5. The highest BCUT2D eigenvalue weighted by atomic mass is 16.2. The van der Waals surface area contributed by atoms with E-state index in [1.54, 1.807) is 0 Å². The van der Waals surface area contributed by atoms with E-state index in [0.717, 1.165) is 25.1 Å². The molecule has 0 aliphatic heterocycles. The van der Waals surface area contributed by atoms with Gasteiger partial charge in [-0.15, -0.1) is 0 Å². The van der Waals surface area contributed by atoms with Crippen molar-refractivity contribution in [2.45, 2.75) is 58.9 Å². The van der Waals surface area contributed by atoms with Crippen LogP contribution in [0.1, 0.15) is 64.5 Å². The summed E-state index contributed by atoms with van der Waals surface area (Å²) >= 11 is 0. The van der Waals surface area contributed by atoms with Gasteiger partial charge in [-0.3, -0.25) is 4.79 Å². The lowest BCUT2D eigenvalue weighted by atomic mass is 9.75. The Morgan fingerprint density at radius 1 is 1.29 bits per heavy atom. The van der Waals surface area contributed by atoms with E-state index in [4.69, 9.17) is 0 Å². The van der Waals surface area contributed by atoms with Crippen LogP contribution in [0, 0.1) is 5.41 Å². The molecule has 1 saturated carbocycles. The minimum Gasteiger partial charge on any atom is -0.326 e. The maximum Gasteiger partial charge on any atom is 0.230 e. The SMILES string of the molecule is CCNC(C)c1cccc(NC(=O)C2(C)CCCCC2)c1. The number of hydrogen-bond acceptors (Lipinski definition) is 2. The summed E-state index contributed by atoms with van der Waals surface area (Å²) in [6.07, 6.45) is 5.61. The van der Waals surface area contributed by atoms with Gasteiger partial charge >= 0.3 is 0 Å². The molecule has 1 atom stereocenters. The van der Waals surface area contributed by atoms with Gasteiger partial charge in [0.1, 0.15) is 0 Å². The first-order chi connectivity index (χ1) is 10.0. The summed E-state index contributed by atoms with van der Waals surface area (Å²) in [5.74, 6) is 0.176. The number of anilines is 1. The summed E-state index contributed by atoms with van der Waals surface area (Å²) in [5.41, 5.74) is 1.93. The molecule has 1 unspecified atom stereocenters. The van der Waals surface area contributed by atoms with Crippen molar-refractivity contribution in [2.75, 3.05) is 11.9 Å². The second kappa shape index (κ2) is 7.08. The zero-order chi connectivity index (χ0) is 15.3. The molecule has 3 nitrogen and oxygen atoms in total. The van der Waals surface area contributed by atoms with E-state index < -0.39 is 0 Å². The van der Waals surface area contributed by atoms with Crippen LogP contribution in [0.25, 0.3) is 0 Å². The van der Waals surface area contributed by atoms with Gasteiger partial charge in [-0.25, -0.2) is 0 Å². The summed E-state index contributed by atoms with van der Waals surface area (Å²) in [5, 5.41) is 6.52. The monoisotopic (exact) mass is 288 g/mol. The van der Waals surface area contributed by atoms with E-state index in [1.165, 1.54) is 24.8 Å². The molecule has 1 aliphatic carbocycles. The Kier molecular flexibility index (Phi) is 5.40. The Hall–Kier alpha value is -1.35. The van der Waals surface area contributed by atoms with Gasteiger partial charge in [-0.1, -0.05) is 45.2 Å². The Morgan fingerprint density at radius 2 is 2.00 bits per heavy atom. The van der Waals surface area contributed by atoms with E-state index in [-0.39, 0.29) is 11.3 Å². The predicted octanol–water partition coefficient (Wildman–Crippen LogP) is 4.27. The van der Waals surface area contributed by atoms with Gasteiger partial charge in [-0.05, 0) is 44.0 Å². The van der Waals surface area contributed by atoms with Crippen LogP contribution in [0.4, 0.5) is 5.69 Å². The Bertz CT molecular complexity index is 478. The quantitative estimate of drug-likeness (QED) is 0.849. The van der Waals surface area contributed by atoms with Crippen molar-refractivity contribution in [3.63, 3.8) is 0 Å². The molecule has 0 aromatic heterocycles. The molecule has 1 aromatic carbocycles. The molecule has 1 aromatic rings. The van der Waals surface area contributed by atoms with Gasteiger partial charge in [-0.2, -0.15) is 0 Å². The topological polar surface area (TPSA) is 41.1 Å². The molecule has 0 bridgehead atoms. The van der Waals surface area contributed by atoms with Crippen molar-refractivity contribution in [3.8, 4) is 0 Å². The highest BCUT2D eigenvalue weighted by molar-refractivity contribution is 5.95. The van der Waals surface area contributed by atoms with Crippen LogP contribution in [0.5, 0.6) is 0 Å². The minimum absolute atomic E-state index is 0.176. The number of hydrogen-bond donors (Lipinski definition) is 2. The number of carbonyl (C=O) groups is 1. The smallest absolute Gasteiger partial charge is 0.230 e. The standard InChI is InChI=1S/C18H28N2O/c1-4-19-14(2)15-9-8-10-16(13-15)20-17(21)18(3)11-6-5-7-12-18/h8-10,13-14,19H,4-7,11-12H2,1-3H3,(H,20,21). The van der Waals surface area contributed by atoms with Gasteiger partial charge in [0.2, 0.25) is 5.91 Å². The van der Waals surface area contributed by atoms with Gasteiger partial charge in [0.25, 0.3) is 0 Å². The second-order valence-corrected chi connectivity index (χ2v) is 6.48. The molecule has 116 valence electrons. The summed E-state index contributed by atoms with van der Waals surface area (Å²) in [7, 11) is 0. The van der Waals surface area contributed by atoms with Crippen LogP contribution in [0.15, 0.2) is 24.3 Å². The number of carbonyl (C=O) groups excluding carboxylic acids is 1. The first-order valence-corrected chi connectivity index (χ1v) is 8.20. The maximum absolute atomic E-state index is 12.6. The molecule has 1 amide bonds. The van der Waals surface area contributed by atoms with E-state index in [1.807, 2.05) is 12.1 Å². The summed E-state index contributed by atoms with van der Waals surface area (Å²) in [4.78, 5) is 12.6. The lowest BCUT2D eigenvalue weighted by Gasteiger charge is -2.32. The van der Waals surface area contributed by atoms with Crippen LogP contribution in [-0.4, -0.2) is 12.5 Å². The normalized spacial score (nSPS) is 19.0. The third kappa shape index (κ3) is 4.07. The summed E-state index contributed by atoms with van der Waals surface area (Å²) in [6, 6.07) is 8.48. The molecule has 0 saturated heterocycles. The molecule has 0 radical (unpaired) electrons. The minimum atomic E-state index is -0.193. The molecule has 3 heteroatoms. The fourth-order valence-electron chi connectivity index (χ4n) is 3.15. The largest absolute Gasteiger partial charge is 0.326 e. The van der Waals surface area contributed by atoms with Crippen molar-refractivity contribution < 1.29 is 4.79 Å². The predicted molar refractivity (Wildman–Crippen MR) is 88.4 cm³/mol. The average molecular weight is 288 g/mol. The molecule has 0 heterocycles. The fraction of sp³-hybridized carbons (Fsp3) is 0.611. The van der Waals surface area contributed by atoms with Crippen LogP contribution < -0.4 is 10.6 Å². The van der Waals surface area contributed by atoms with Crippen LogP contribution in [0.2, 0.25) is 0 Å². The Labute approximate surface area is 128 Å². The van der Waals surface area contributed by atoms with Crippen LogP contribution in [0.3, 0.4) is 0 Å². The van der Waals surface area contributed by atoms with Crippen molar-refractivity contribution in [1.29, 1.82) is 0 Å². The van der Waals surface area contributed by atoms with Crippen molar-refractivity contribution in [1.82, 2.24) is 5.32 Å². The Balaban J connectivity index is 2.05. The summed E-state index contributed by atoms with van der Waals surface area (Å²) in [6.45, 7) is 7.29. The second-order valence-electron chi connectivity index (χ2n) is 6.48. The number of benzene rings is 1. The number of rotatable bonds is 5. The maximum atomic E-state index is 12.6. The zero-order valence-corrected chi connectivity index (χ0v) is 13.5. The van der Waals surface area contributed by atoms with E-state index in [0.29, 0.717) is 6.04 Å². The molecule has 1 aliphatic rings. The van der Waals surface area contributed by atoms with Gasteiger partial charge < -0.3 is 10.6 Å². The Morgan fingerprint density at radius 3 is 2.67 bits per heavy atom. The van der Waals surface area contributed by atoms with Crippen molar-refractivity contribution in [2.24, 2.45) is 5.41 Å². The molecular weight excluding hydrogens is 260 g/mol. The fourth-order valence-corrected chi connectivity index (χ4v) is 3.15. The summed E-state index contributed by atoms with van der Waals surface area (Å²) < 4.78 is 0. The van der Waals surface area contributed by atoms with Gasteiger partial charge in [0.05, 0.1) is 0 Å². The molecule has 1 fully saturated rings. The van der Waals surface area contributed by atoms with E-state index >= 15 is 0 Å². The average Bonchev–Trinajstić information content (AvgIpc) is 2.48. The van der Waals surface area contributed by atoms with Crippen LogP contribution in [-0.2, 0) is 4.79 Å². The van der Waals surface area contributed by atoms with E-state index in [9.17, 15) is 4.79 Å². The first kappa shape index (κ1) is 16.0. The van der Waals surface area contributed by atoms with Gasteiger partial charge in [0.15, 0.2) is 0 Å². The lowest BCUT2D eigenvalue weighted by Crippen LogP contribution is -2.35. The molecule has 2 rings (SSSR count). The van der Waals surface area contributed by atoms with Crippen molar-refractivity contribution >= 4 is 11.6 Å². The number of amides is 1. The van der Waals surface area contributed by atoms with E-state index in [2.05, 4.69) is 43.5 Å².